The molecule has 1 aromatic heterocycles. The van der Waals surface area contributed by atoms with Gasteiger partial charge in [-0.15, -0.1) is 11.3 Å². The van der Waals surface area contributed by atoms with E-state index in [0.717, 1.165) is 17.1 Å². The van der Waals surface area contributed by atoms with Gasteiger partial charge in [0.25, 0.3) is 0 Å². The number of thiophene rings is 1. The van der Waals surface area contributed by atoms with Crippen molar-refractivity contribution in [3.63, 3.8) is 0 Å². The van der Waals surface area contributed by atoms with Crippen LogP contribution in [0, 0.1) is 0 Å². The molecule has 0 aliphatic heterocycles. The Morgan fingerprint density at radius 3 is 1.75 bits per heavy atom. The predicted molar refractivity (Wildman–Crippen MR) is 192 cm³/mol. The highest BCUT2D eigenvalue weighted by Crippen LogP contribution is 2.42. The molecule has 0 fully saturated rings. The molecule has 0 N–H and O–H groups in total. The van der Waals surface area contributed by atoms with E-state index in [1.54, 1.807) is 0 Å². The van der Waals surface area contributed by atoms with Crippen molar-refractivity contribution >= 4 is 80.9 Å². The summed E-state index contributed by atoms with van der Waals surface area (Å²) in [6.45, 7) is 0. The van der Waals surface area contributed by atoms with E-state index in [4.69, 9.17) is 0 Å². The van der Waals surface area contributed by atoms with Gasteiger partial charge in [-0.05, 0) is 92.0 Å². The molecule has 0 radical (unpaired) electrons. The standard InChI is InChI=1S/C42H27NS/c1-2-9-32-25-33(16-13-28(32)7-1)29-17-20-34(21-18-29)43(36-23-24-39-38-11-5-6-12-41(38)44-42(39)27-36)35-22-19-31-15-14-30-8-3-4-10-37(30)40(31)26-35/h1-27H. The summed E-state index contributed by atoms with van der Waals surface area (Å²) in [5, 5.41) is 10.2. The van der Waals surface area contributed by atoms with E-state index in [2.05, 4.69) is 169 Å². The van der Waals surface area contributed by atoms with Gasteiger partial charge in [-0.25, -0.2) is 0 Å². The predicted octanol–water partition coefficient (Wildman–Crippen LogP) is 12.7. The maximum atomic E-state index is 2.40. The summed E-state index contributed by atoms with van der Waals surface area (Å²) in [6, 6.07) is 59.9. The average molecular weight is 578 g/mol. The smallest absolute Gasteiger partial charge is 0.0476 e. The monoisotopic (exact) mass is 577 g/mol. The van der Waals surface area contributed by atoms with E-state index in [0.29, 0.717) is 0 Å². The minimum Gasteiger partial charge on any atom is -0.310 e. The van der Waals surface area contributed by atoms with E-state index < -0.39 is 0 Å². The van der Waals surface area contributed by atoms with Crippen LogP contribution in [-0.4, -0.2) is 0 Å². The molecule has 0 atom stereocenters. The van der Waals surface area contributed by atoms with Crippen LogP contribution in [0.2, 0.25) is 0 Å². The maximum Gasteiger partial charge on any atom is 0.0476 e. The third-order valence-electron chi connectivity index (χ3n) is 8.82. The Hall–Kier alpha value is -5.44. The fraction of sp³-hybridized carbons (Fsp3) is 0. The summed E-state index contributed by atoms with van der Waals surface area (Å²) in [5.74, 6) is 0. The van der Waals surface area contributed by atoms with Crippen molar-refractivity contribution in [2.75, 3.05) is 4.90 Å². The number of nitrogens with zero attached hydrogens (tertiary/aromatic N) is 1. The zero-order valence-electron chi connectivity index (χ0n) is 23.9. The SMILES string of the molecule is c1ccc2cc(-c3ccc(N(c4ccc5c(c4)sc4ccccc45)c4ccc5ccc6ccccc6c5c4)cc3)ccc2c1. The van der Waals surface area contributed by atoms with Crippen LogP contribution in [0.4, 0.5) is 17.1 Å². The van der Waals surface area contributed by atoms with Crippen molar-refractivity contribution in [2.45, 2.75) is 0 Å². The van der Waals surface area contributed by atoms with Crippen LogP contribution in [0.3, 0.4) is 0 Å². The number of hydrogen-bond donors (Lipinski definition) is 0. The molecule has 8 aromatic carbocycles. The van der Waals surface area contributed by atoms with Gasteiger partial charge in [0.05, 0.1) is 0 Å². The fourth-order valence-electron chi connectivity index (χ4n) is 6.60. The molecule has 0 bridgehead atoms. The first-order chi connectivity index (χ1) is 21.8. The normalized spacial score (nSPS) is 11.6. The summed E-state index contributed by atoms with van der Waals surface area (Å²) in [6.07, 6.45) is 0. The van der Waals surface area contributed by atoms with Crippen LogP contribution < -0.4 is 4.90 Å². The summed E-state index contributed by atoms with van der Waals surface area (Å²) >= 11 is 1.86. The van der Waals surface area contributed by atoms with Gasteiger partial charge >= 0.3 is 0 Å². The molecule has 1 heterocycles. The van der Waals surface area contributed by atoms with Crippen LogP contribution in [0.1, 0.15) is 0 Å². The van der Waals surface area contributed by atoms with E-state index >= 15 is 0 Å². The highest BCUT2D eigenvalue weighted by atomic mass is 32.1. The second-order valence-corrected chi connectivity index (χ2v) is 12.5. The van der Waals surface area contributed by atoms with Gasteiger partial charge in [-0.1, -0.05) is 115 Å². The second kappa shape index (κ2) is 10.1. The molecule has 0 saturated heterocycles. The molecule has 9 aromatic rings. The Morgan fingerprint density at radius 1 is 0.318 bits per heavy atom. The summed E-state index contributed by atoms with van der Waals surface area (Å²) in [4.78, 5) is 2.40. The minimum atomic E-state index is 1.13. The number of benzene rings is 8. The van der Waals surface area contributed by atoms with Gasteiger partial charge in [-0.2, -0.15) is 0 Å². The molecular formula is C42H27NS. The fourth-order valence-corrected chi connectivity index (χ4v) is 7.74. The Balaban J connectivity index is 1.21. The number of hydrogen-bond acceptors (Lipinski definition) is 2. The van der Waals surface area contributed by atoms with Gasteiger partial charge in [0.15, 0.2) is 0 Å². The molecule has 44 heavy (non-hydrogen) atoms. The molecule has 9 rings (SSSR count). The van der Waals surface area contributed by atoms with Crippen molar-refractivity contribution in [2.24, 2.45) is 0 Å². The number of rotatable bonds is 4. The zero-order chi connectivity index (χ0) is 29.0. The quantitative estimate of drug-likeness (QED) is 0.188. The van der Waals surface area contributed by atoms with Crippen LogP contribution in [0.15, 0.2) is 164 Å². The first kappa shape index (κ1) is 25.1. The highest BCUT2D eigenvalue weighted by molar-refractivity contribution is 7.25. The van der Waals surface area contributed by atoms with Crippen molar-refractivity contribution in [3.8, 4) is 11.1 Å². The van der Waals surface area contributed by atoms with Gasteiger partial charge in [0, 0.05) is 37.2 Å². The summed E-state index contributed by atoms with van der Waals surface area (Å²) < 4.78 is 2.62. The van der Waals surface area contributed by atoms with Crippen molar-refractivity contribution in [1.29, 1.82) is 0 Å². The Bertz CT molecular complexity index is 2500. The first-order valence-electron chi connectivity index (χ1n) is 15.0. The van der Waals surface area contributed by atoms with Gasteiger partial charge in [-0.3, -0.25) is 0 Å². The third-order valence-corrected chi connectivity index (χ3v) is 9.95. The lowest BCUT2D eigenvalue weighted by molar-refractivity contribution is 1.30. The van der Waals surface area contributed by atoms with Crippen molar-refractivity contribution in [3.05, 3.63) is 164 Å². The molecule has 0 amide bonds. The highest BCUT2D eigenvalue weighted by Gasteiger charge is 2.16. The molecule has 0 unspecified atom stereocenters. The first-order valence-corrected chi connectivity index (χ1v) is 15.8. The number of fused-ring (bicyclic) bond motifs is 7. The lowest BCUT2D eigenvalue weighted by Gasteiger charge is -2.26. The Kier molecular flexibility index (Phi) is 5.75. The molecular weight excluding hydrogens is 551 g/mol. The zero-order valence-corrected chi connectivity index (χ0v) is 24.8. The van der Waals surface area contributed by atoms with Gasteiger partial charge < -0.3 is 4.90 Å². The van der Waals surface area contributed by atoms with Crippen LogP contribution in [0.25, 0.3) is 63.6 Å². The summed E-state index contributed by atoms with van der Waals surface area (Å²) in [7, 11) is 0. The van der Waals surface area contributed by atoms with Gasteiger partial charge in [0.1, 0.15) is 0 Å². The summed E-state index contributed by atoms with van der Waals surface area (Å²) in [5.41, 5.74) is 5.87. The number of anilines is 3. The molecule has 0 aliphatic carbocycles. The molecule has 2 heteroatoms. The second-order valence-electron chi connectivity index (χ2n) is 11.4. The molecule has 0 aliphatic rings. The third kappa shape index (κ3) is 4.15. The topological polar surface area (TPSA) is 3.24 Å². The van der Waals surface area contributed by atoms with Crippen LogP contribution in [-0.2, 0) is 0 Å². The Morgan fingerprint density at radius 2 is 0.886 bits per heavy atom. The average Bonchev–Trinajstić information content (AvgIpc) is 3.46. The van der Waals surface area contributed by atoms with E-state index in [9.17, 15) is 0 Å². The van der Waals surface area contributed by atoms with Crippen molar-refractivity contribution < 1.29 is 0 Å². The van der Waals surface area contributed by atoms with E-state index in [1.165, 1.54) is 63.6 Å². The minimum absolute atomic E-state index is 1.13. The maximum absolute atomic E-state index is 2.40. The van der Waals surface area contributed by atoms with Crippen molar-refractivity contribution in [1.82, 2.24) is 0 Å². The van der Waals surface area contributed by atoms with E-state index in [1.807, 2.05) is 11.3 Å². The lowest BCUT2D eigenvalue weighted by Crippen LogP contribution is -2.09. The molecule has 1 nitrogen and oxygen atoms in total. The van der Waals surface area contributed by atoms with Gasteiger partial charge in [0.2, 0.25) is 0 Å². The molecule has 0 spiro atoms. The molecule has 0 saturated carbocycles. The van der Waals surface area contributed by atoms with E-state index in [-0.39, 0.29) is 0 Å². The van der Waals surface area contributed by atoms with Crippen LogP contribution in [0.5, 0.6) is 0 Å². The Labute approximate surface area is 259 Å². The largest absolute Gasteiger partial charge is 0.310 e. The molecule has 206 valence electrons. The van der Waals surface area contributed by atoms with Crippen LogP contribution >= 0.6 is 11.3 Å². The lowest BCUT2D eigenvalue weighted by atomic mass is 10.00.